The molecule has 3 rings (SSSR count). The van der Waals surface area contributed by atoms with Crippen molar-refractivity contribution in [3.8, 4) is 11.3 Å². The van der Waals surface area contributed by atoms with E-state index >= 15 is 0 Å². The van der Waals surface area contributed by atoms with Crippen molar-refractivity contribution >= 4 is 11.6 Å². The first kappa shape index (κ1) is 18.8. The average Bonchev–Trinajstić information content (AvgIpc) is 3.04. The van der Waals surface area contributed by atoms with Crippen LogP contribution in [0.2, 0.25) is 0 Å². The highest BCUT2D eigenvalue weighted by molar-refractivity contribution is 5.93. The van der Waals surface area contributed by atoms with E-state index in [9.17, 15) is 22.4 Å². The van der Waals surface area contributed by atoms with E-state index in [-0.39, 0.29) is 23.1 Å². The zero-order valence-corrected chi connectivity index (χ0v) is 14.5. The third-order valence-electron chi connectivity index (χ3n) is 4.08. The van der Waals surface area contributed by atoms with E-state index in [2.05, 4.69) is 15.4 Å². The van der Waals surface area contributed by atoms with E-state index in [4.69, 9.17) is 0 Å². The molecule has 0 aliphatic heterocycles. The summed E-state index contributed by atoms with van der Waals surface area (Å²) in [7, 11) is 0. The zero-order valence-electron chi connectivity index (χ0n) is 14.5. The lowest BCUT2D eigenvalue weighted by Gasteiger charge is -2.11. The van der Waals surface area contributed by atoms with E-state index in [0.717, 1.165) is 18.2 Å². The van der Waals surface area contributed by atoms with Crippen molar-refractivity contribution in [3.05, 3.63) is 53.6 Å². The first-order valence-corrected chi connectivity index (χ1v) is 8.24. The highest BCUT2D eigenvalue weighted by Gasteiger charge is 2.35. The van der Waals surface area contributed by atoms with Gasteiger partial charge >= 0.3 is 6.18 Å². The lowest BCUT2D eigenvalue weighted by molar-refractivity contribution is -0.142. The van der Waals surface area contributed by atoms with Crippen LogP contribution >= 0.6 is 0 Å². The van der Waals surface area contributed by atoms with Gasteiger partial charge in [-0.2, -0.15) is 18.3 Å². The van der Waals surface area contributed by atoms with Crippen LogP contribution in [-0.2, 0) is 6.18 Å². The van der Waals surface area contributed by atoms with Crippen LogP contribution in [0.15, 0.2) is 36.4 Å². The van der Waals surface area contributed by atoms with E-state index < -0.39 is 23.6 Å². The van der Waals surface area contributed by atoms with Gasteiger partial charge in [-0.25, -0.2) is 13.9 Å². The summed E-state index contributed by atoms with van der Waals surface area (Å²) in [6.07, 6.45) is -4.05. The summed E-state index contributed by atoms with van der Waals surface area (Å²) in [5.41, 5.74) is -1.04. The van der Waals surface area contributed by atoms with E-state index in [1.54, 1.807) is 6.92 Å². The van der Waals surface area contributed by atoms with E-state index in [1.807, 2.05) is 6.92 Å². The quantitative estimate of drug-likeness (QED) is 0.694. The molecule has 3 aromatic rings. The first-order chi connectivity index (χ1) is 12.7. The Balaban J connectivity index is 2.13. The number of hydrogen-bond donors (Lipinski definition) is 1. The van der Waals surface area contributed by atoms with Crippen molar-refractivity contribution in [1.29, 1.82) is 0 Å². The molecule has 2 heterocycles. The number of halogens is 4. The number of fused-ring (bicyclic) bond motifs is 1. The molecule has 1 unspecified atom stereocenters. The van der Waals surface area contributed by atoms with Gasteiger partial charge in [0.2, 0.25) is 0 Å². The standard InChI is InChI=1S/C18H16F4N4O/c1-3-10(2)23-17(27)14-9-16-24-13(11-4-6-12(19)7-5-11)8-15(18(20,21)22)26(16)25-14/h4-10H,3H2,1-2H3,(H,23,27). The van der Waals surface area contributed by atoms with Crippen molar-refractivity contribution < 1.29 is 22.4 Å². The molecule has 1 amide bonds. The molecular formula is C18H16F4N4O. The molecule has 27 heavy (non-hydrogen) atoms. The number of benzene rings is 1. The molecule has 0 aliphatic rings. The minimum atomic E-state index is -4.72. The Hall–Kier alpha value is -2.97. The second kappa shape index (κ2) is 6.98. The molecule has 1 aromatic carbocycles. The van der Waals surface area contributed by atoms with Gasteiger partial charge in [-0.1, -0.05) is 6.92 Å². The summed E-state index contributed by atoms with van der Waals surface area (Å²) >= 11 is 0. The predicted octanol–water partition coefficient (Wildman–Crippen LogP) is 4.08. The SMILES string of the molecule is CCC(C)NC(=O)c1cc2nc(-c3ccc(F)cc3)cc(C(F)(F)F)n2n1. The summed E-state index contributed by atoms with van der Waals surface area (Å²) in [6.45, 7) is 3.65. The molecule has 0 bridgehead atoms. The van der Waals surface area contributed by atoms with Crippen LogP contribution in [0.3, 0.4) is 0 Å². The third kappa shape index (κ3) is 3.91. The molecule has 0 radical (unpaired) electrons. The second-order valence-corrected chi connectivity index (χ2v) is 6.11. The summed E-state index contributed by atoms with van der Waals surface area (Å²) < 4.78 is 54.2. The van der Waals surface area contributed by atoms with Gasteiger partial charge in [0.05, 0.1) is 5.69 Å². The highest BCUT2D eigenvalue weighted by Crippen LogP contribution is 2.32. The number of amides is 1. The Morgan fingerprint density at radius 2 is 1.89 bits per heavy atom. The van der Waals surface area contributed by atoms with Crippen molar-refractivity contribution in [2.45, 2.75) is 32.5 Å². The zero-order chi connectivity index (χ0) is 19.8. The van der Waals surface area contributed by atoms with Crippen LogP contribution in [-0.4, -0.2) is 26.5 Å². The fourth-order valence-electron chi connectivity index (χ4n) is 2.46. The Morgan fingerprint density at radius 1 is 1.22 bits per heavy atom. The number of rotatable bonds is 4. The van der Waals surface area contributed by atoms with Crippen LogP contribution in [0.25, 0.3) is 16.9 Å². The van der Waals surface area contributed by atoms with Crippen LogP contribution in [0.1, 0.15) is 36.5 Å². The van der Waals surface area contributed by atoms with E-state index in [0.29, 0.717) is 16.5 Å². The number of nitrogens with zero attached hydrogens (tertiary/aromatic N) is 3. The molecule has 1 N–H and O–H groups in total. The van der Waals surface area contributed by atoms with Crippen LogP contribution in [0.4, 0.5) is 17.6 Å². The Bertz CT molecular complexity index is 979. The normalized spacial score (nSPS) is 13.0. The summed E-state index contributed by atoms with van der Waals surface area (Å²) in [6, 6.07) is 6.81. The molecule has 0 aliphatic carbocycles. The molecule has 2 aromatic heterocycles. The molecule has 0 saturated heterocycles. The lowest BCUT2D eigenvalue weighted by atomic mass is 10.1. The fraction of sp³-hybridized carbons (Fsp3) is 0.278. The summed E-state index contributed by atoms with van der Waals surface area (Å²) in [4.78, 5) is 16.3. The average molecular weight is 380 g/mol. The van der Waals surface area contributed by atoms with Gasteiger partial charge in [-0.05, 0) is 43.7 Å². The fourth-order valence-corrected chi connectivity index (χ4v) is 2.46. The predicted molar refractivity (Wildman–Crippen MR) is 90.6 cm³/mol. The Kier molecular flexibility index (Phi) is 4.86. The first-order valence-electron chi connectivity index (χ1n) is 8.24. The number of carbonyl (C=O) groups excluding carboxylic acids is 1. The van der Waals surface area contributed by atoms with Gasteiger partial charge in [0, 0.05) is 17.7 Å². The number of nitrogens with one attached hydrogen (secondary N) is 1. The molecule has 0 spiro atoms. The van der Waals surface area contributed by atoms with Crippen LogP contribution in [0, 0.1) is 5.82 Å². The summed E-state index contributed by atoms with van der Waals surface area (Å²) in [5.74, 6) is -1.09. The molecule has 142 valence electrons. The lowest BCUT2D eigenvalue weighted by Crippen LogP contribution is -2.32. The monoisotopic (exact) mass is 380 g/mol. The van der Waals surface area contributed by atoms with Crippen LogP contribution in [0.5, 0.6) is 0 Å². The van der Waals surface area contributed by atoms with Crippen molar-refractivity contribution in [2.75, 3.05) is 0 Å². The van der Waals surface area contributed by atoms with Crippen molar-refractivity contribution in [3.63, 3.8) is 0 Å². The maximum atomic E-state index is 13.5. The van der Waals surface area contributed by atoms with Crippen molar-refractivity contribution in [1.82, 2.24) is 19.9 Å². The van der Waals surface area contributed by atoms with Gasteiger partial charge in [0.15, 0.2) is 17.0 Å². The number of carbonyl (C=O) groups is 1. The maximum absolute atomic E-state index is 13.5. The maximum Gasteiger partial charge on any atom is 0.433 e. The van der Waals surface area contributed by atoms with Crippen LogP contribution < -0.4 is 5.32 Å². The summed E-state index contributed by atoms with van der Waals surface area (Å²) in [5, 5.41) is 6.43. The van der Waals surface area contributed by atoms with Crippen molar-refractivity contribution in [2.24, 2.45) is 0 Å². The molecule has 1 atom stereocenters. The Morgan fingerprint density at radius 3 is 2.48 bits per heavy atom. The van der Waals surface area contributed by atoms with Gasteiger partial charge in [-0.15, -0.1) is 0 Å². The topological polar surface area (TPSA) is 59.3 Å². The smallest absolute Gasteiger partial charge is 0.348 e. The highest BCUT2D eigenvalue weighted by atomic mass is 19.4. The van der Waals surface area contributed by atoms with E-state index in [1.165, 1.54) is 18.2 Å². The minimum Gasteiger partial charge on any atom is -0.348 e. The number of aromatic nitrogens is 3. The van der Waals surface area contributed by atoms with Gasteiger partial charge in [0.25, 0.3) is 5.91 Å². The molecule has 0 saturated carbocycles. The third-order valence-corrected chi connectivity index (χ3v) is 4.08. The largest absolute Gasteiger partial charge is 0.433 e. The van der Waals surface area contributed by atoms with Gasteiger partial charge in [0.1, 0.15) is 5.82 Å². The number of alkyl halides is 3. The Labute approximate surface area is 152 Å². The molecular weight excluding hydrogens is 364 g/mol. The molecule has 9 heteroatoms. The molecule has 0 fully saturated rings. The molecule has 5 nitrogen and oxygen atoms in total. The van der Waals surface area contributed by atoms with Gasteiger partial charge in [-0.3, -0.25) is 4.79 Å². The number of hydrogen-bond acceptors (Lipinski definition) is 3. The second-order valence-electron chi connectivity index (χ2n) is 6.11. The van der Waals surface area contributed by atoms with Gasteiger partial charge < -0.3 is 5.32 Å². The minimum absolute atomic E-state index is 0.00334.